The molecule has 4 heteroatoms. The number of pyridine rings is 1. The summed E-state index contributed by atoms with van der Waals surface area (Å²) < 4.78 is 13.6. The maximum atomic E-state index is 13.6. The second kappa shape index (κ2) is 3.47. The summed E-state index contributed by atoms with van der Waals surface area (Å²) in [6.07, 6.45) is 0. The molecule has 3 nitrogen and oxygen atoms in total. The highest BCUT2D eigenvalue weighted by Gasteiger charge is 2.07. The highest BCUT2D eigenvalue weighted by molar-refractivity contribution is 5.82. The van der Waals surface area contributed by atoms with Crippen molar-refractivity contribution in [2.75, 3.05) is 5.43 Å². The Morgan fingerprint density at radius 2 is 2.00 bits per heavy atom. The highest BCUT2D eigenvalue weighted by Crippen LogP contribution is 2.22. The molecule has 0 saturated carbocycles. The molecule has 0 saturated heterocycles. The van der Waals surface area contributed by atoms with E-state index in [2.05, 4.69) is 10.4 Å². The molecule has 0 aliphatic heterocycles. The van der Waals surface area contributed by atoms with Crippen molar-refractivity contribution in [2.45, 2.75) is 13.8 Å². The zero-order valence-electron chi connectivity index (χ0n) is 8.63. The minimum Gasteiger partial charge on any atom is -0.308 e. The van der Waals surface area contributed by atoms with Gasteiger partial charge in [0.25, 0.3) is 0 Å². The third-order valence-corrected chi connectivity index (χ3v) is 2.34. The van der Waals surface area contributed by atoms with Crippen LogP contribution < -0.4 is 11.3 Å². The Balaban J connectivity index is 2.81. The molecular weight excluding hydrogens is 193 g/mol. The van der Waals surface area contributed by atoms with Crippen LogP contribution in [0, 0.1) is 19.7 Å². The molecule has 15 heavy (non-hydrogen) atoms. The number of benzene rings is 1. The van der Waals surface area contributed by atoms with E-state index < -0.39 is 0 Å². The fourth-order valence-corrected chi connectivity index (χ4v) is 1.64. The van der Waals surface area contributed by atoms with Crippen LogP contribution in [0.4, 0.5) is 10.2 Å². The summed E-state index contributed by atoms with van der Waals surface area (Å²) in [5.41, 5.74) is 4.58. The van der Waals surface area contributed by atoms with Crippen LogP contribution in [0.5, 0.6) is 0 Å². The number of hydrogen-bond donors (Lipinski definition) is 2. The monoisotopic (exact) mass is 205 g/mol. The van der Waals surface area contributed by atoms with Crippen molar-refractivity contribution >= 4 is 16.7 Å². The van der Waals surface area contributed by atoms with Gasteiger partial charge in [-0.1, -0.05) is 0 Å². The fraction of sp³-hybridized carbons (Fsp3) is 0.182. The average Bonchev–Trinajstić information content (AvgIpc) is 2.16. The zero-order valence-corrected chi connectivity index (χ0v) is 8.63. The summed E-state index contributed by atoms with van der Waals surface area (Å²) >= 11 is 0. The molecule has 0 fully saturated rings. The summed E-state index contributed by atoms with van der Waals surface area (Å²) in [7, 11) is 0. The molecule has 3 N–H and O–H groups in total. The van der Waals surface area contributed by atoms with E-state index in [1.165, 1.54) is 6.07 Å². The average molecular weight is 205 g/mol. The van der Waals surface area contributed by atoms with Gasteiger partial charge in [0.15, 0.2) is 0 Å². The Bertz CT molecular complexity index is 523. The Kier molecular flexibility index (Phi) is 2.28. The smallest absolute Gasteiger partial charge is 0.149 e. The minimum atomic E-state index is -0.318. The molecule has 0 amide bonds. The highest BCUT2D eigenvalue weighted by atomic mass is 19.1. The van der Waals surface area contributed by atoms with Gasteiger partial charge in [-0.25, -0.2) is 15.2 Å². The lowest BCUT2D eigenvalue weighted by atomic mass is 10.1. The van der Waals surface area contributed by atoms with Gasteiger partial charge in [0.1, 0.15) is 17.2 Å². The molecule has 1 aromatic carbocycles. The van der Waals surface area contributed by atoms with Crippen LogP contribution in [-0.4, -0.2) is 4.98 Å². The molecule has 0 bridgehead atoms. The standard InChI is InChI=1S/C11H12FN3/c1-6-3-8-5-7(2)11(15-13)14-10(8)9(12)4-6/h3-5H,13H2,1-2H3,(H,14,15). The van der Waals surface area contributed by atoms with Crippen LogP contribution in [0.2, 0.25) is 0 Å². The second-order valence-electron chi connectivity index (χ2n) is 3.62. The Morgan fingerprint density at radius 1 is 1.27 bits per heavy atom. The topological polar surface area (TPSA) is 50.9 Å². The van der Waals surface area contributed by atoms with Gasteiger partial charge in [-0.15, -0.1) is 0 Å². The number of nitrogens with one attached hydrogen (secondary N) is 1. The van der Waals surface area contributed by atoms with Gasteiger partial charge < -0.3 is 5.43 Å². The molecule has 0 atom stereocenters. The van der Waals surface area contributed by atoms with Gasteiger partial charge in [-0.2, -0.15) is 0 Å². The van der Waals surface area contributed by atoms with Gasteiger partial charge in [-0.05, 0) is 43.2 Å². The quantitative estimate of drug-likeness (QED) is 0.554. The van der Waals surface area contributed by atoms with Crippen LogP contribution in [0.25, 0.3) is 10.9 Å². The number of rotatable bonds is 1. The number of nitrogens with zero attached hydrogens (tertiary/aromatic N) is 1. The van der Waals surface area contributed by atoms with Gasteiger partial charge >= 0.3 is 0 Å². The summed E-state index contributed by atoms with van der Waals surface area (Å²) in [6.45, 7) is 3.73. The molecule has 0 spiro atoms. The molecule has 1 aromatic heterocycles. The Labute approximate surface area is 87.1 Å². The lowest BCUT2D eigenvalue weighted by Crippen LogP contribution is -2.10. The van der Waals surface area contributed by atoms with E-state index >= 15 is 0 Å². The number of anilines is 1. The lowest BCUT2D eigenvalue weighted by molar-refractivity contribution is 0.636. The summed E-state index contributed by atoms with van der Waals surface area (Å²) in [5.74, 6) is 5.47. The molecule has 1 heterocycles. The molecule has 0 aliphatic rings. The lowest BCUT2D eigenvalue weighted by Gasteiger charge is -2.07. The van der Waals surface area contributed by atoms with Crippen LogP contribution in [0.15, 0.2) is 18.2 Å². The predicted molar refractivity (Wildman–Crippen MR) is 59.0 cm³/mol. The second-order valence-corrected chi connectivity index (χ2v) is 3.62. The van der Waals surface area contributed by atoms with E-state index in [9.17, 15) is 4.39 Å². The number of hydrogen-bond acceptors (Lipinski definition) is 3. The normalized spacial score (nSPS) is 10.7. The van der Waals surface area contributed by atoms with E-state index in [0.29, 0.717) is 11.3 Å². The molecule has 2 aromatic rings. The summed E-state index contributed by atoms with van der Waals surface area (Å²) in [4.78, 5) is 4.12. The van der Waals surface area contributed by atoms with E-state index in [0.717, 1.165) is 16.5 Å². The maximum absolute atomic E-state index is 13.6. The van der Waals surface area contributed by atoms with E-state index in [1.54, 1.807) is 0 Å². The fourth-order valence-electron chi connectivity index (χ4n) is 1.64. The molecule has 78 valence electrons. The zero-order chi connectivity index (χ0) is 11.0. The molecule has 0 radical (unpaired) electrons. The number of halogens is 1. The predicted octanol–water partition coefficient (Wildman–Crippen LogP) is 2.28. The summed E-state index contributed by atoms with van der Waals surface area (Å²) in [6, 6.07) is 5.23. The van der Waals surface area contributed by atoms with E-state index in [1.807, 2.05) is 26.0 Å². The Hall–Kier alpha value is -1.68. The van der Waals surface area contributed by atoms with Crippen LogP contribution in [0.1, 0.15) is 11.1 Å². The van der Waals surface area contributed by atoms with Gasteiger partial charge in [0.2, 0.25) is 0 Å². The van der Waals surface area contributed by atoms with Gasteiger partial charge in [-0.3, -0.25) is 0 Å². The number of nitrogen functional groups attached to an aromatic ring is 1. The number of aryl methyl sites for hydroxylation is 2. The van der Waals surface area contributed by atoms with Crippen LogP contribution >= 0.6 is 0 Å². The van der Waals surface area contributed by atoms with Crippen LogP contribution in [0.3, 0.4) is 0 Å². The molecule has 0 unspecified atom stereocenters. The number of hydrazine groups is 1. The number of aromatic nitrogens is 1. The first kappa shape index (κ1) is 9.86. The van der Waals surface area contributed by atoms with E-state index in [4.69, 9.17) is 5.84 Å². The van der Waals surface area contributed by atoms with Crippen molar-refractivity contribution in [1.82, 2.24) is 4.98 Å². The third-order valence-electron chi connectivity index (χ3n) is 2.34. The summed E-state index contributed by atoms with van der Waals surface area (Å²) in [5, 5.41) is 0.795. The first-order valence-electron chi connectivity index (χ1n) is 4.66. The van der Waals surface area contributed by atoms with Gasteiger partial charge in [0.05, 0.1) is 0 Å². The van der Waals surface area contributed by atoms with Crippen molar-refractivity contribution in [3.8, 4) is 0 Å². The van der Waals surface area contributed by atoms with Crippen LogP contribution in [-0.2, 0) is 0 Å². The van der Waals surface area contributed by atoms with Crippen molar-refractivity contribution < 1.29 is 4.39 Å². The van der Waals surface area contributed by atoms with Gasteiger partial charge in [0, 0.05) is 5.39 Å². The SMILES string of the molecule is Cc1cc(F)c2nc(NN)c(C)cc2c1. The number of nitrogens with two attached hydrogens (primary N) is 1. The molecular formula is C11H12FN3. The van der Waals surface area contributed by atoms with E-state index in [-0.39, 0.29) is 5.82 Å². The van der Waals surface area contributed by atoms with Crippen molar-refractivity contribution in [2.24, 2.45) is 5.84 Å². The van der Waals surface area contributed by atoms with Crippen molar-refractivity contribution in [3.05, 3.63) is 35.1 Å². The molecule has 0 aliphatic carbocycles. The first-order chi connectivity index (χ1) is 7.11. The number of fused-ring (bicyclic) bond motifs is 1. The van der Waals surface area contributed by atoms with Crippen molar-refractivity contribution in [3.63, 3.8) is 0 Å². The minimum absolute atomic E-state index is 0.318. The molecule has 2 rings (SSSR count). The van der Waals surface area contributed by atoms with Crippen molar-refractivity contribution in [1.29, 1.82) is 0 Å². The third kappa shape index (κ3) is 1.64. The Morgan fingerprint density at radius 3 is 2.67 bits per heavy atom. The first-order valence-corrected chi connectivity index (χ1v) is 4.66. The largest absolute Gasteiger partial charge is 0.308 e. The maximum Gasteiger partial charge on any atom is 0.149 e.